The average molecular weight is 381 g/mol. The first-order valence-electron chi connectivity index (χ1n) is 9.51. The first kappa shape index (κ1) is 18.1. The summed E-state index contributed by atoms with van der Waals surface area (Å²) < 4.78 is 0. The van der Waals surface area contributed by atoms with Crippen LogP contribution in [0, 0.1) is 5.92 Å². The number of amides is 2. The van der Waals surface area contributed by atoms with Crippen LogP contribution in [0.4, 0.5) is 5.69 Å². The molecule has 0 bridgehead atoms. The van der Waals surface area contributed by atoms with Gasteiger partial charge in [-0.15, -0.1) is 11.8 Å². The quantitative estimate of drug-likeness (QED) is 0.828. The fraction of sp³-hybridized carbons (Fsp3) is 0.364. The number of rotatable bonds is 6. The second kappa shape index (κ2) is 8.17. The maximum absolute atomic E-state index is 12.3. The highest BCUT2D eigenvalue weighted by molar-refractivity contribution is 7.99. The van der Waals surface area contributed by atoms with E-state index in [1.54, 1.807) is 11.8 Å². The number of hydrogen-bond donors (Lipinski definition) is 1. The maximum atomic E-state index is 12.3. The van der Waals surface area contributed by atoms with Crippen LogP contribution in [0.3, 0.4) is 0 Å². The van der Waals surface area contributed by atoms with Crippen LogP contribution in [0.25, 0.3) is 0 Å². The standard InChI is InChI=1S/C22H24N2O2S/c25-21(15-27-14-16-4-2-1-3-5-16)23-20-9-8-17-10-11-24(13-19(17)12-20)22(26)18-6-7-18/h1-5,8-9,12,18H,6-7,10-11,13-15H2,(H,23,25). The second-order valence-electron chi connectivity index (χ2n) is 7.29. The van der Waals surface area contributed by atoms with Crippen molar-refractivity contribution in [1.82, 2.24) is 4.90 Å². The number of fused-ring (bicyclic) bond motifs is 1. The Hall–Kier alpha value is -2.27. The van der Waals surface area contributed by atoms with Crippen molar-refractivity contribution in [1.29, 1.82) is 0 Å². The summed E-state index contributed by atoms with van der Waals surface area (Å²) in [5, 5.41) is 2.99. The lowest BCUT2D eigenvalue weighted by Crippen LogP contribution is -2.36. The van der Waals surface area contributed by atoms with E-state index in [4.69, 9.17) is 0 Å². The van der Waals surface area contributed by atoms with Gasteiger partial charge in [0.15, 0.2) is 0 Å². The molecule has 4 nitrogen and oxygen atoms in total. The van der Waals surface area contributed by atoms with E-state index in [2.05, 4.69) is 23.5 Å². The van der Waals surface area contributed by atoms with Gasteiger partial charge in [0.05, 0.1) is 5.75 Å². The number of carbonyl (C=O) groups excluding carboxylic acids is 2. The SMILES string of the molecule is O=C(CSCc1ccccc1)Nc1ccc2c(c1)CN(C(=O)C1CC1)CC2. The van der Waals surface area contributed by atoms with Crippen molar-refractivity contribution in [2.75, 3.05) is 17.6 Å². The third-order valence-electron chi connectivity index (χ3n) is 5.09. The number of nitrogens with one attached hydrogen (secondary N) is 1. The van der Waals surface area contributed by atoms with Crippen LogP contribution in [0.1, 0.15) is 29.5 Å². The van der Waals surface area contributed by atoms with Crippen molar-refractivity contribution >= 4 is 29.3 Å². The minimum absolute atomic E-state index is 0.0117. The van der Waals surface area contributed by atoms with Gasteiger partial charge in [-0.3, -0.25) is 9.59 Å². The molecule has 1 saturated carbocycles. The zero-order valence-corrected chi connectivity index (χ0v) is 16.1. The molecule has 0 atom stereocenters. The van der Waals surface area contributed by atoms with Gasteiger partial charge in [-0.1, -0.05) is 36.4 Å². The van der Waals surface area contributed by atoms with E-state index >= 15 is 0 Å². The number of benzene rings is 2. The Morgan fingerprint density at radius 1 is 1.07 bits per heavy atom. The van der Waals surface area contributed by atoms with Gasteiger partial charge in [0.25, 0.3) is 0 Å². The molecule has 140 valence electrons. The van der Waals surface area contributed by atoms with E-state index in [1.165, 1.54) is 11.1 Å². The van der Waals surface area contributed by atoms with Gasteiger partial charge in [-0.05, 0) is 48.1 Å². The van der Waals surface area contributed by atoms with E-state index < -0.39 is 0 Å². The highest BCUT2D eigenvalue weighted by atomic mass is 32.2. The van der Waals surface area contributed by atoms with Crippen molar-refractivity contribution in [3.63, 3.8) is 0 Å². The molecular formula is C22H24N2O2S. The summed E-state index contributed by atoms with van der Waals surface area (Å²) in [6.07, 6.45) is 2.98. The number of thioether (sulfide) groups is 1. The zero-order valence-electron chi connectivity index (χ0n) is 15.3. The van der Waals surface area contributed by atoms with Crippen LogP contribution in [-0.2, 0) is 28.3 Å². The molecule has 0 aromatic heterocycles. The predicted molar refractivity (Wildman–Crippen MR) is 110 cm³/mol. The monoisotopic (exact) mass is 380 g/mol. The highest BCUT2D eigenvalue weighted by Gasteiger charge is 2.34. The van der Waals surface area contributed by atoms with Gasteiger partial charge in [-0.2, -0.15) is 0 Å². The first-order valence-corrected chi connectivity index (χ1v) is 10.7. The third-order valence-corrected chi connectivity index (χ3v) is 6.09. The largest absolute Gasteiger partial charge is 0.338 e. The third kappa shape index (κ3) is 4.72. The Balaban J connectivity index is 1.31. The van der Waals surface area contributed by atoms with Crippen LogP contribution >= 0.6 is 11.8 Å². The van der Waals surface area contributed by atoms with E-state index in [1.807, 2.05) is 35.2 Å². The van der Waals surface area contributed by atoms with Crippen LogP contribution in [0.2, 0.25) is 0 Å². The molecule has 0 unspecified atom stereocenters. The second-order valence-corrected chi connectivity index (χ2v) is 8.28. The van der Waals surface area contributed by atoms with E-state index in [9.17, 15) is 9.59 Å². The van der Waals surface area contributed by atoms with Gasteiger partial charge in [-0.25, -0.2) is 0 Å². The molecule has 1 heterocycles. The molecule has 2 aliphatic rings. The van der Waals surface area contributed by atoms with Crippen LogP contribution in [0.5, 0.6) is 0 Å². The summed E-state index contributed by atoms with van der Waals surface area (Å²) in [5.74, 6) is 1.83. The summed E-state index contributed by atoms with van der Waals surface area (Å²) in [6, 6.07) is 16.3. The summed E-state index contributed by atoms with van der Waals surface area (Å²) in [7, 11) is 0. The fourth-order valence-electron chi connectivity index (χ4n) is 3.44. The molecule has 2 aromatic rings. The molecule has 0 radical (unpaired) electrons. The minimum atomic E-state index is 0.0117. The van der Waals surface area contributed by atoms with Gasteiger partial charge in [0.2, 0.25) is 11.8 Å². The van der Waals surface area contributed by atoms with Crippen molar-refractivity contribution in [3.8, 4) is 0 Å². The summed E-state index contributed by atoms with van der Waals surface area (Å²) in [6.45, 7) is 1.47. The van der Waals surface area contributed by atoms with Crippen LogP contribution in [0.15, 0.2) is 48.5 Å². The molecule has 1 aliphatic heterocycles. The average Bonchev–Trinajstić information content (AvgIpc) is 3.53. The lowest BCUT2D eigenvalue weighted by Gasteiger charge is -2.29. The van der Waals surface area contributed by atoms with E-state index in [-0.39, 0.29) is 11.8 Å². The van der Waals surface area contributed by atoms with Crippen LogP contribution < -0.4 is 5.32 Å². The molecule has 1 fully saturated rings. The molecule has 27 heavy (non-hydrogen) atoms. The number of hydrogen-bond acceptors (Lipinski definition) is 3. The Morgan fingerprint density at radius 3 is 2.67 bits per heavy atom. The van der Waals surface area contributed by atoms with E-state index in [0.717, 1.165) is 42.8 Å². The minimum Gasteiger partial charge on any atom is -0.338 e. The van der Waals surface area contributed by atoms with Crippen molar-refractivity contribution in [2.24, 2.45) is 5.92 Å². The molecule has 0 spiro atoms. The Labute approximate surface area is 164 Å². The van der Waals surface area contributed by atoms with Crippen molar-refractivity contribution in [3.05, 3.63) is 65.2 Å². The van der Waals surface area contributed by atoms with Gasteiger partial charge < -0.3 is 10.2 Å². The fourth-order valence-corrected chi connectivity index (χ4v) is 4.23. The molecule has 2 amide bonds. The Kier molecular flexibility index (Phi) is 5.48. The molecular weight excluding hydrogens is 356 g/mol. The smallest absolute Gasteiger partial charge is 0.234 e. The topological polar surface area (TPSA) is 49.4 Å². The number of carbonyl (C=O) groups is 2. The molecule has 1 N–H and O–H groups in total. The molecule has 5 heteroatoms. The first-order chi connectivity index (χ1) is 13.2. The lowest BCUT2D eigenvalue weighted by atomic mass is 9.98. The molecule has 2 aromatic carbocycles. The number of nitrogens with zero attached hydrogens (tertiary/aromatic N) is 1. The highest BCUT2D eigenvalue weighted by Crippen LogP contribution is 2.33. The normalized spacial score (nSPS) is 15.9. The maximum Gasteiger partial charge on any atom is 0.234 e. The molecule has 1 aliphatic carbocycles. The van der Waals surface area contributed by atoms with E-state index in [0.29, 0.717) is 18.2 Å². The summed E-state index contributed by atoms with van der Waals surface area (Å²) in [4.78, 5) is 26.5. The van der Waals surface area contributed by atoms with Gasteiger partial charge in [0.1, 0.15) is 0 Å². The summed E-state index contributed by atoms with van der Waals surface area (Å²) >= 11 is 1.61. The van der Waals surface area contributed by atoms with Gasteiger partial charge in [0, 0.05) is 30.4 Å². The van der Waals surface area contributed by atoms with Crippen molar-refractivity contribution in [2.45, 2.75) is 31.6 Å². The summed E-state index contributed by atoms with van der Waals surface area (Å²) in [5.41, 5.74) is 4.49. The van der Waals surface area contributed by atoms with Gasteiger partial charge >= 0.3 is 0 Å². The zero-order chi connectivity index (χ0) is 18.6. The van der Waals surface area contributed by atoms with Crippen molar-refractivity contribution < 1.29 is 9.59 Å². The number of anilines is 1. The lowest BCUT2D eigenvalue weighted by molar-refractivity contribution is -0.133. The Bertz CT molecular complexity index is 833. The predicted octanol–water partition coefficient (Wildman–Crippen LogP) is 3.85. The molecule has 0 saturated heterocycles. The Morgan fingerprint density at radius 2 is 1.89 bits per heavy atom. The molecule has 4 rings (SSSR count). The van der Waals surface area contributed by atoms with Crippen LogP contribution in [-0.4, -0.2) is 29.0 Å².